The minimum absolute atomic E-state index is 0.0915. The summed E-state index contributed by atoms with van der Waals surface area (Å²) in [5.41, 5.74) is 0.554. The third-order valence-electron chi connectivity index (χ3n) is 4.27. The highest BCUT2D eigenvalue weighted by atomic mass is 32.2. The van der Waals surface area contributed by atoms with Gasteiger partial charge in [0.1, 0.15) is 0 Å². The van der Waals surface area contributed by atoms with Gasteiger partial charge in [0, 0.05) is 6.54 Å². The molecule has 0 aliphatic rings. The molecule has 0 saturated carbocycles. The van der Waals surface area contributed by atoms with Crippen LogP contribution in [-0.2, 0) is 22.6 Å². The van der Waals surface area contributed by atoms with Crippen molar-refractivity contribution in [1.29, 1.82) is 0 Å². The number of carbonyl (C=O) groups excluding carboxylic acids is 1. The van der Waals surface area contributed by atoms with Crippen LogP contribution in [0.4, 0.5) is 18.0 Å². The first-order valence-corrected chi connectivity index (χ1v) is 10.3. The lowest BCUT2D eigenvalue weighted by atomic mass is 10.1. The van der Waals surface area contributed by atoms with E-state index < -0.39 is 33.8 Å². The van der Waals surface area contributed by atoms with Crippen LogP contribution >= 0.6 is 0 Å². The number of halogens is 3. The smallest absolute Gasteiger partial charge is 0.338 e. The van der Waals surface area contributed by atoms with Crippen molar-refractivity contribution in [3.05, 3.63) is 65.2 Å². The number of benzene rings is 2. The van der Waals surface area contributed by atoms with E-state index in [0.717, 1.165) is 12.1 Å². The Morgan fingerprint density at radius 2 is 1.76 bits per heavy atom. The predicted molar refractivity (Wildman–Crippen MR) is 103 cm³/mol. The third-order valence-corrected chi connectivity index (χ3v) is 5.68. The Bertz CT molecular complexity index is 945. The first-order valence-electron chi connectivity index (χ1n) is 8.77. The molecular weight excluding hydrogens is 407 g/mol. The van der Waals surface area contributed by atoms with E-state index >= 15 is 0 Å². The van der Waals surface area contributed by atoms with Crippen LogP contribution in [0.2, 0.25) is 0 Å². The molecule has 3 N–H and O–H groups in total. The standard InChI is InChI=1S/C19H22F3N3O3S/c1-13(15-4-3-5-17(12-15)29(27,28)23-2)25-18(26)24-11-10-14-6-8-16(9-7-14)19(20,21)22/h3-9,12-13,23H,10-11H2,1-2H3,(H2,24,25,26)/t13-/m1/s1. The normalized spacial score (nSPS) is 13.0. The van der Waals surface area contributed by atoms with Crippen molar-refractivity contribution in [2.24, 2.45) is 0 Å². The van der Waals surface area contributed by atoms with Crippen molar-refractivity contribution in [2.75, 3.05) is 13.6 Å². The Labute approximate surface area is 167 Å². The van der Waals surface area contributed by atoms with E-state index in [9.17, 15) is 26.4 Å². The molecule has 0 radical (unpaired) electrons. The molecule has 2 amide bonds. The van der Waals surface area contributed by atoms with Crippen LogP contribution < -0.4 is 15.4 Å². The topological polar surface area (TPSA) is 87.3 Å². The molecule has 0 aliphatic carbocycles. The maximum absolute atomic E-state index is 12.5. The Kier molecular flexibility index (Phi) is 7.26. The van der Waals surface area contributed by atoms with Crippen LogP contribution in [0.1, 0.15) is 29.7 Å². The number of hydrogen-bond donors (Lipinski definition) is 3. The van der Waals surface area contributed by atoms with Crippen LogP contribution in [0.3, 0.4) is 0 Å². The number of rotatable bonds is 7. The van der Waals surface area contributed by atoms with Crippen molar-refractivity contribution in [2.45, 2.75) is 30.5 Å². The van der Waals surface area contributed by atoms with Crippen molar-refractivity contribution >= 4 is 16.1 Å². The van der Waals surface area contributed by atoms with Gasteiger partial charge in [-0.2, -0.15) is 13.2 Å². The summed E-state index contributed by atoms with van der Waals surface area (Å²) in [6.07, 6.45) is -4.01. The number of nitrogens with one attached hydrogen (secondary N) is 3. The zero-order chi connectivity index (χ0) is 21.7. The van der Waals surface area contributed by atoms with Gasteiger partial charge < -0.3 is 10.6 Å². The zero-order valence-electron chi connectivity index (χ0n) is 15.9. The monoisotopic (exact) mass is 429 g/mol. The summed E-state index contributed by atoms with van der Waals surface area (Å²) in [6, 6.07) is 10.0. The molecule has 0 spiro atoms. The van der Waals surface area contributed by atoms with Crippen molar-refractivity contribution in [3.8, 4) is 0 Å². The van der Waals surface area contributed by atoms with Gasteiger partial charge in [-0.25, -0.2) is 17.9 Å². The molecule has 2 aromatic carbocycles. The van der Waals surface area contributed by atoms with Gasteiger partial charge in [0.25, 0.3) is 0 Å². The van der Waals surface area contributed by atoms with Gasteiger partial charge >= 0.3 is 12.2 Å². The molecule has 2 aromatic rings. The summed E-state index contributed by atoms with van der Waals surface area (Å²) in [4.78, 5) is 12.1. The van der Waals surface area contributed by atoms with Gasteiger partial charge in [0.05, 0.1) is 16.5 Å². The number of urea groups is 1. The first kappa shape index (κ1) is 22.7. The highest BCUT2D eigenvalue weighted by molar-refractivity contribution is 7.89. The second-order valence-electron chi connectivity index (χ2n) is 6.35. The Morgan fingerprint density at radius 1 is 1.10 bits per heavy atom. The van der Waals surface area contributed by atoms with Crippen molar-refractivity contribution in [3.63, 3.8) is 0 Å². The number of alkyl halides is 3. The lowest BCUT2D eigenvalue weighted by molar-refractivity contribution is -0.137. The van der Waals surface area contributed by atoms with Crippen LogP contribution in [-0.4, -0.2) is 28.0 Å². The summed E-state index contributed by atoms with van der Waals surface area (Å²) in [5.74, 6) is 0. The van der Waals surface area contributed by atoms with Gasteiger partial charge in [-0.1, -0.05) is 24.3 Å². The molecule has 0 unspecified atom stereocenters. The van der Waals surface area contributed by atoms with Crippen LogP contribution in [0.15, 0.2) is 53.4 Å². The molecule has 10 heteroatoms. The SMILES string of the molecule is CNS(=O)(=O)c1cccc([C@@H](C)NC(=O)NCCc2ccc(C(F)(F)F)cc2)c1. The molecule has 1 atom stereocenters. The number of hydrogen-bond acceptors (Lipinski definition) is 3. The lowest BCUT2D eigenvalue weighted by Gasteiger charge is -2.16. The molecule has 6 nitrogen and oxygen atoms in total. The van der Waals surface area contributed by atoms with Gasteiger partial charge in [0.15, 0.2) is 0 Å². The van der Waals surface area contributed by atoms with E-state index in [-0.39, 0.29) is 11.4 Å². The molecule has 0 fully saturated rings. The first-order chi connectivity index (χ1) is 13.5. The van der Waals surface area contributed by atoms with E-state index in [1.54, 1.807) is 19.1 Å². The second-order valence-corrected chi connectivity index (χ2v) is 8.23. The molecule has 0 aliphatic heterocycles. The van der Waals surface area contributed by atoms with Crippen LogP contribution in [0.25, 0.3) is 0 Å². The average molecular weight is 429 g/mol. The van der Waals surface area contributed by atoms with Crippen molar-refractivity contribution < 1.29 is 26.4 Å². The third kappa shape index (κ3) is 6.47. The number of carbonyl (C=O) groups is 1. The Hall–Kier alpha value is -2.59. The minimum Gasteiger partial charge on any atom is -0.338 e. The molecule has 0 saturated heterocycles. The van der Waals surface area contributed by atoms with Gasteiger partial charge in [-0.05, 0) is 55.8 Å². The van der Waals surface area contributed by atoms with Gasteiger partial charge in [-0.15, -0.1) is 0 Å². The fourth-order valence-corrected chi connectivity index (χ4v) is 3.37. The van der Waals surface area contributed by atoms with E-state index in [1.807, 2.05) is 0 Å². The molecular formula is C19H22F3N3O3S. The average Bonchev–Trinajstić information content (AvgIpc) is 2.67. The maximum atomic E-state index is 12.5. The summed E-state index contributed by atoms with van der Waals surface area (Å²) < 4.78 is 63.6. The summed E-state index contributed by atoms with van der Waals surface area (Å²) in [6.45, 7) is 1.94. The molecule has 0 aromatic heterocycles. The fourth-order valence-electron chi connectivity index (χ4n) is 2.58. The summed E-state index contributed by atoms with van der Waals surface area (Å²) in [7, 11) is -2.28. The molecule has 29 heavy (non-hydrogen) atoms. The predicted octanol–water partition coefficient (Wildman–Crippen LogP) is 3.22. The van der Waals surface area contributed by atoms with Crippen LogP contribution in [0, 0.1) is 0 Å². The van der Waals surface area contributed by atoms with Crippen LogP contribution in [0.5, 0.6) is 0 Å². The molecule has 2 rings (SSSR count). The Balaban J connectivity index is 1.87. The molecule has 0 heterocycles. The minimum atomic E-state index is -4.38. The highest BCUT2D eigenvalue weighted by Gasteiger charge is 2.29. The number of sulfonamides is 1. The highest BCUT2D eigenvalue weighted by Crippen LogP contribution is 2.29. The van der Waals surface area contributed by atoms with Crippen molar-refractivity contribution in [1.82, 2.24) is 15.4 Å². The molecule has 0 bridgehead atoms. The van der Waals surface area contributed by atoms with E-state index in [0.29, 0.717) is 17.5 Å². The zero-order valence-corrected chi connectivity index (χ0v) is 16.7. The maximum Gasteiger partial charge on any atom is 0.416 e. The largest absolute Gasteiger partial charge is 0.416 e. The fraction of sp³-hybridized carbons (Fsp3) is 0.316. The van der Waals surface area contributed by atoms with E-state index in [2.05, 4.69) is 15.4 Å². The lowest BCUT2D eigenvalue weighted by Crippen LogP contribution is -2.38. The van der Waals surface area contributed by atoms with Gasteiger partial charge in [0.2, 0.25) is 10.0 Å². The summed E-state index contributed by atoms with van der Waals surface area (Å²) in [5, 5.41) is 5.32. The summed E-state index contributed by atoms with van der Waals surface area (Å²) >= 11 is 0. The molecule has 158 valence electrons. The second kappa shape index (κ2) is 9.27. The number of amides is 2. The Morgan fingerprint density at radius 3 is 2.34 bits per heavy atom. The van der Waals surface area contributed by atoms with E-state index in [4.69, 9.17) is 0 Å². The van der Waals surface area contributed by atoms with Gasteiger partial charge in [-0.3, -0.25) is 0 Å². The quantitative estimate of drug-likeness (QED) is 0.632. The van der Waals surface area contributed by atoms with E-state index in [1.165, 1.54) is 31.3 Å².